The van der Waals surface area contributed by atoms with Gasteiger partial charge in [-0.3, -0.25) is 0 Å². The van der Waals surface area contributed by atoms with E-state index < -0.39 is 0 Å². The molecular formula is C13H10BrF. The zero-order valence-corrected chi connectivity index (χ0v) is 9.88. The predicted octanol–water partition coefficient (Wildman–Crippen LogP) is 4.56. The van der Waals surface area contributed by atoms with Gasteiger partial charge in [-0.05, 0) is 47.9 Å². The maximum Gasteiger partial charge on any atom is 0.126 e. The van der Waals surface area contributed by atoms with Crippen LogP contribution in [0.3, 0.4) is 0 Å². The Morgan fingerprint density at radius 1 is 1.00 bits per heavy atom. The van der Waals surface area contributed by atoms with Gasteiger partial charge in [-0.15, -0.1) is 0 Å². The molecule has 0 aliphatic rings. The van der Waals surface area contributed by atoms with Crippen LogP contribution in [0.2, 0.25) is 0 Å². The second-order valence-electron chi connectivity index (χ2n) is 3.47. The van der Waals surface area contributed by atoms with Crippen molar-refractivity contribution in [1.29, 1.82) is 0 Å². The van der Waals surface area contributed by atoms with Crippen LogP contribution in [0.25, 0.3) is 11.1 Å². The Hall–Kier alpha value is -1.15. The Labute approximate surface area is 96.9 Å². The molecule has 0 saturated heterocycles. The van der Waals surface area contributed by atoms with E-state index in [1.807, 2.05) is 30.3 Å². The molecule has 0 saturated carbocycles. The van der Waals surface area contributed by atoms with Gasteiger partial charge in [0.1, 0.15) is 5.82 Å². The van der Waals surface area contributed by atoms with Crippen molar-refractivity contribution in [2.45, 2.75) is 6.92 Å². The number of hydrogen-bond acceptors (Lipinski definition) is 0. The van der Waals surface area contributed by atoms with Gasteiger partial charge in [0, 0.05) is 4.47 Å². The maximum absolute atomic E-state index is 13.1. The molecule has 0 amide bonds. The highest BCUT2D eigenvalue weighted by Gasteiger charge is 2.01. The summed E-state index contributed by atoms with van der Waals surface area (Å²) in [7, 11) is 0. The van der Waals surface area contributed by atoms with Crippen LogP contribution in [0.5, 0.6) is 0 Å². The lowest BCUT2D eigenvalue weighted by atomic mass is 10.0. The standard InChI is InChI=1S/C13H10BrF/c1-9-7-11(5-6-13(9)15)10-3-2-4-12(14)8-10/h2-8H,1H3. The van der Waals surface area contributed by atoms with Crippen LogP contribution in [0.4, 0.5) is 4.39 Å². The molecule has 0 aliphatic heterocycles. The highest BCUT2D eigenvalue weighted by atomic mass is 79.9. The van der Waals surface area contributed by atoms with E-state index in [0.717, 1.165) is 15.6 Å². The Morgan fingerprint density at radius 3 is 2.40 bits per heavy atom. The second-order valence-corrected chi connectivity index (χ2v) is 4.39. The van der Waals surface area contributed by atoms with Crippen molar-refractivity contribution >= 4 is 15.9 Å². The van der Waals surface area contributed by atoms with Crippen LogP contribution in [0, 0.1) is 12.7 Å². The Morgan fingerprint density at radius 2 is 1.73 bits per heavy atom. The Bertz CT molecular complexity index is 492. The van der Waals surface area contributed by atoms with E-state index in [1.54, 1.807) is 13.0 Å². The highest BCUT2D eigenvalue weighted by molar-refractivity contribution is 9.10. The van der Waals surface area contributed by atoms with Gasteiger partial charge in [-0.2, -0.15) is 0 Å². The van der Waals surface area contributed by atoms with E-state index in [1.165, 1.54) is 6.07 Å². The van der Waals surface area contributed by atoms with E-state index in [-0.39, 0.29) is 5.82 Å². The van der Waals surface area contributed by atoms with Gasteiger partial charge in [0.05, 0.1) is 0 Å². The number of benzene rings is 2. The Kier molecular flexibility index (Phi) is 2.87. The van der Waals surface area contributed by atoms with Crippen molar-refractivity contribution in [3.8, 4) is 11.1 Å². The lowest BCUT2D eigenvalue weighted by molar-refractivity contribution is 0.619. The lowest BCUT2D eigenvalue weighted by Crippen LogP contribution is -1.84. The first-order chi connectivity index (χ1) is 7.16. The molecule has 2 rings (SSSR count). The molecule has 0 radical (unpaired) electrons. The molecule has 0 unspecified atom stereocenters. The van der Waals surface area contributed by atoms with E-state index in [0.29, 0.717) is 5.56 Å². The average molecular weight is 265 g/mol. The van der Waals surface area contributed by atoms with Crippen LogP contribution >= 0.6 is 15.9 Å². The minimum atomic E-state index is -0.159. The zero-order chi connectivity index (χ0) is 10.8. The fourth-order valence-electron chi connectivity index (χ4n) is 1.49. The predicted molar refractivity (Wildman–Crippen MR) is 64.3 cm³/mol. The molecule has 0 N–H and O–H groups in total. The van der Waals surface area contributed by atoms with Crippen molar-refractivity contribution in [3.05, 3.63) is 58.3 Å². The number of rotatable bonds is 1. The molecule has 0 atom stereocenters. The normalized spacial score (nSPS) is 10.3. The van der Waals surface area contributed by atoms with Crippen LogP contribution < -0.4 is 0 Å². The van der Waals surface area contributed by atoms with Gasteiger partial charge in [-0.1, -0.05) is 34.1 Å². The monoisotopic (exact) mass is 264 g/mol. The molecule has 0 nitrogen and oxygen atoms in total. The fraction of sp³-hybridized carbons (Fsp3) is 0.0769. The lowest BCUT2D eigenvalue weighted by Gasteiger charge is -2.04. The van der Waals surface area contributed by atoms with E-state index >= 15 is 0 Å². The fourth-order valence-corrected chi connectivity index (χ4v) is 1.89. The summed E-state index contributed by atoms with van der Waals surface area (Å²) in [4.78, 5) is 0. The third-order valence-electron chi connectivity index (χ3n) is 2.32. The molecular weight excluding hydrogens is 255 g/mol. The first-order valence-corrected chi connectivity index (χ1v) is 5.48. The van der Waals surface area contributed by atoms with Gasteiger partial charge in [0.15, 0.2) is 0 Å². The largest absolute Gasteiger partial charge is 0.207 e. The van der Waals surface area contributed by atoms with Gasteiger partial charge in [0.25, 0.3) is 0 Å². The summed E-state index contributed by atoms with van der Waals surface area (Å²) in [5, 5.41) is 0. The summed E-state index contributed by atoms with van der Waals surface area (Å²) < 4.78 is 14.1. The molecule has 2 aromatic rings. The van der Waals surface area contributed by atoms with Gasteiger partial charge < -0.3 is 0 Å². The highest BCUT2D eigenvalue weighted by Crippen LogP contribution is 2.24. The molecule has 2 aromatic carbocycles. The molecule has 0 heterocycles. The number of aryl methyl sites for hydroxylation is 1. The van der Waals surface area contributed by atoms with Crippen molar-refractivity contribution < 1.29 is 4.39 Å². The molecule has 2 heteroatoms. The Balaban J connectivity index is 2.50. The first kappa shape index (κ1) is 10.4. The number of hydrogen-bond donors (Lipinski definition) is 0. The molecule has 0 aromatic heterocycles. The molecule has 0 spiro atoms. The summed E-state index contributed by atoms with van der Waals surface area (Å²) in [6.07, 6.45) is 0. The summed E-state index contributed by atoms with van der Waals surface area (Å²) in [5.74, 6) is -0.159. The number of halogens is 2. The van der Waals surface area contributed by atoms with E-state index in [9.17, 15) is 4.39 Å². The minimum absolute atomic E-state index is 0.159. The van der Waals surface area contributed by atoms with Crippen molar-refractivity contribution in [1.82, 2.24) is 0 Å². The average Bonchev–Trinajstić information content (AvgIpc) is 2.22. The topological polar surface area (TPSA) is 0 Å². The van der Waals surface area contributed by atoms with E-state index in [2.05, 4.69) is 15.9 Å². The van der Waals surface area contributed by atoms with Crippen LogP contribution in [-0.4, -0.2) is 0 Å². The molecule has 0 bridgehead atoms. The summed E-state index contributed by atoms with van der Waals surface area (Å²) in [6.45, 7) is 1.77. The third kappa shape index (κ3) is 2.26. The first-order valence-electron chi connectivity index (χ1n) is 4.69. The quantitative estimate of drug-likeness (QED) is 0.708. The molecule has 0 aliphatic carbocycles. The van der Waals surface area contributed by atoms with Gasteiger partial charge >= 0.3 is 0 Å². The van der Waals surface area contributed by atoms with Crippen LogP contribution in [0.15, 0.2) is 46.9 Å². The van der Waals surface area contributed by atoms with Crippen molar-refractivity contribution in [3.63, 3.8) is 0 Å². The third-order valence-corrected chi connectivity index (χ3v) is 2.81. The summed E-state index contributed by atoms with van der Waals surface area (Å²) in [6, 6.07) is 13.1. The smallest absolute Gasteiger partial charge is 0.126 e. The van der Waals surface area contributed by atoms with E-state index in [4.69, 9.17) is 0 Å². The minimum Gasteiger partial charge on any atom is -0.207 e. The molecule has 15 heavy (non-hydrogen) atoms. The SMILES string of the molecule is Cc1cc(-c2cccc(Br)c2)ccc1F. The van der Waals surface area contributed by atoms with Crippen LogP contribution in [-0.2, 0) is 0 Å². The van der Waals surface area contributed by atoms with Gasteiger partial charge in [0.2, 0.25) is 0 Å². The summed E-state index contributed by atoms with van der Waals surface area (Å²) >= 11 is 3.42. The molecule has 0 fully saturated rings. The summed E-state index contributed by atoms with van der Waals surface area (Å²) in [5.41, 5.74) is 2.80. The van der Waals surface area contributed by atoms with Gasteiger partial charge in [-0.25, -0.2) is 4.39 Å². The van der Waals surface area contributed by atoms with Crippen molar-refractivity contribution in [2.24, 2.45) is 0 Å². The maximum atomic E-state index is 13.1. The molecule has 76 valence electrons. The second kappa shape index (κ2) is 4.15. The zero-order valence-electron chi connectivity index (χ0n) is 8.30. The van der Waals surface area contributed by atoms with Crippen molar-refractivity contribution in [2.75, 3.05) is 0 Å². The van der Waals surface area contributed by atoms with Crippen LogP contribution in [0.1, 0.15) is 5.56 Å².